The van der Waals surface area contributed by atoms with Gasteiger partial charge in [-0.2, -0.15) is 0 Å². The first-order valence-electron chi connectivity index (χ1n) is 7.87. The van der Waals surface area contributed by atoms with E-state index in [0.29, 0.717) is 12.1 Å². The van der Waals surface area contributed by atoms with E-state index in [-0.39, 0.29) is 0 Å². The molecule has 4 nitrogen and oxygen atoms in total. The third kappa shape index (κ3) is 2.15. The summed E-state index contributed by atoms with van der Waals surface area (Å²) in [4.78, 5) is 16.4. The Balaban J connectivity index is 2.11. The van der Waals surface area contributed by atoms with Gasteiger partial charge in [-0.3, -0.25) is 9.78 Å². The second kappa shape index (κ2) is 5.49. The van der Waals surface area contributed by atoms with Gasteiger partial charge in [0.05, 0.1) is 17.8 Å². The molecule has 0 aliphatic carbocycles. The maximum Gasteiger partial charge on any atom is 0.249 e. The number of carbonyl (C=O) groups is 1. The van der Waals surface area contributed by atoms with Gasteiger partial charge in [0, 0.05) is 28.0 Å². The Morgan fingerprint density at radius 3 is 2.62 bits per heavy atom. The molecule has 4 aromatic rings. The predicted molar refractivity (Wildman–Crippen MR) is 96.0 cm³/mol. The van der Waals surface area contributed by atoms with Crippen LogP contribution in [0.3, 0.4) is 0 Å². The van der Waals surface area contributed by atoms with Crippen molar-refractivity contribution < 1.29 is 4.79 Å². The topological polar surface area (TPSA) is 60.9 Å². The molecule has 0 saturated carbocycles. The Kier molecular flexibility index (Phi) is 3.31. The van der Waals surface area contributed by atoms with E-state index >= 15 is 0 Å². The van der Waals surface area contributed by atoms with Crippen LogP contribution in [0.1, 0.15) is 21.6 Å². The highest BCUT2D eigenvalue weighted by Crippen LogP contribution is 2.34. The van der Waals surface area contributed by atoms with Gasteiger partial charge in [0.2, 0.25) is 5.91 Å². The van der Waals surface area contributed by atoms with Gasteiger partial charge >= 0.3 is 0 Å². The smallest absolute Gasteiger partial charge is 0.249 e. The van der Waals surface area contributed by atoms with E-state index in [4.69, 9.17) is 5.73 Å². The van der Waals surface area contributed by atoms with Crippen LogP contribution in [-0.4, -0.2) is 15.5 Å². The van der Waals surface area contributed by atoms with Crippen molar-refractivity contribution >= 4 is 27.7 Å². The fraction of sp³-hybridized carbons (Fsp3) is 0.100. The maximum atomic E-state index is 11.9. The summed E-state index contributed by atoms with van der Waals surface area (Å²) in [6, 6.07) is 17.8. The minimum Gasteiger partial charge on any atom is -0.366 e. The SMILES string of the molecule is Cc1ccc(C(N)=O)c2c3ccccc3n(Cc3ccccn3)c12. The van der Waals surface area contributed by atoms with E-state index in [1.165, 1.54) is 0 Å². The molecule has 4 rings (SSSR count). The molecular formula is C20H17N3O. The van der Waals surface area contributed by atoms with Crippen LogP contribution in [0.5, 0.6) is 0 Å². The number of rotatable bonds is 3. The molecule has 0 spiro atoms. The quantitative estimate of drug-likeness (QED) is 0.627. The number of hydrogen-bond acceptors (Lipinski definition) is 2. The number of aromatic nitrogens is 2. The molecule has 0 radical (unpaired) electrons. The number of benzene rings is 2. The number of amides is 1. The Hall–Kier alpha value is -3.14. The third-order valence-corrected chi connectivity index (χ3v) is 4.43. The van der Waals surface area contributed by atoms with Crippen molar-refractivity contribution in [1.29, 1.82) is 0 Å². The highest BCUT2D eigenvalue weighted by Gasteiger charge is 2.18. The average Bonchev–Trinajstić information content (AvgIpc) is 2.92. The van der Waals surface area contributed by atoms with Crippen LogP contribution in [0.25, 0.3) is 21.8 Å². The molecule has 0 bridgehead atoms. The van der Waals surface area contributed by atoms with Gasteiger partial charge in [0.1, 0.15) is 0 Å². The Bertz CT molecular complexity index is 1060. The Morgan fingerprint density at radius 2 is 1.88 bits per heavy atom. The van der Waals surface area contributed by atoms with Crippen molar-refractivity contribution in [3.63, 3.8) is 0 Å². The number of pyridine rings is 1. The zero-order chi connectivity index (χ0) is 16.7. The highest BCUT2D eigenvalue weighted by atomic mass is 16.1. The summed E-state index contributed by atoms with van der Waals surface area (Å²) in [6.07, 6.45) is 1.80. The number of hydrogen-bond donors (Lipinski definition) is 1. The van der Waals surface area contributed by atoms with Gasteiger partial charge in [-0.05, 0) is 36.8 Å². The largest absolute Gasteiger partial charge is 0.366 e. The molecule has 4 heteroatoms. The fourth-order valence-electron chi connectivity index (χ4n) is 3.38. The normalized spacial score (nSPS) is 11.2. The van der Waals surface area contributed by atoms with Crippen molar-refractivity contribution in [3.8, 4) is 0 Å². The number of carbonyl (C=O) groups excluding carboxylic acids is 1. The predicted octanol–water partition coefficient (Wildman–Crippen LogP) is 3.65. The van der Waals surface area contributed by atoms with Crippen LogP contribution in [0, 0.1) is 6.92 Å². The first-order chi connectivity index (χ1) is 11.7. The van der Waals surface area contributed by atoms with Gasteiger partial charge in [-0.1, -0.05) is 30.3 Å². The van der Waals surface area contributed by atoms with E-state index in [1.54, 1.807) is 6.20 Å². The Labute approximate surface area is 139 Å². The summed E-state index contributed by atoms with van der Waals surface area (Å²) >= 11 is 0. The molecule has 1 amide bonds. The van der Waals surface area contributed by atoms with Crippen LogP contribution in [-0.2, 0) is 6.54 Å². The van der Waals surface area contributed by atoms with Crippen LogP contribution in [0.2, 0.25) is 0 Å². The number of nitrogens with two attached hydrogens (primary N) is 1. The molecule has 0 unspecified atom stereocenters. The van der Waals surface area contributed by atoms with E-state index in [9.17, 15) is 4.79 Å². The third-order valence-electron chi connectivity index (χ3n) is 4.43. The van der Waals surface area contributed by atoms with Crippen LogP contribution in [0.4, 0.5) is 0 Å². The molecule has 118 valence electrons. The van der Waals surface area contributed by atoms with Crippen LogP contribution < -0.4 is 5.73 Å². The van der Waals surface area contributed by atoms with Crippen LogP contribution >= 0.6 is 0 Å². The monoisotopic (exact) mass is 315 g/mol. The van der Waals surface area contributed by atoms with E-state index in [2.05, 4.69) is 22.5 Å². The molecule has 0 fully saturated rings. The zero-order valence-electron chi connectivity index (χ0n) is 13.4. The number of nitrogens with zero attached hydrogens (tertiary/aromatic N) is 2. The summed E-state index contributed by atoms with van der Waals surface area (Å²) in [5.74, 6) is -0.402. The van der Waals surface area contributed by atoms with Gasteiger partial charge in [0.15, 0.2) is 0 Å². The lowest BCUT2D eigenvalue weighted by Crippen LogP contribution is -2.11. The van der Waals surface area contributed by atoms with E-state index in [0.717, 1.165) is 33.1 Å². The summed E-state index contributed by atoms with van der Waals surface area (Å²) in [6.45, 7) is 2.70. The second-order valence-electron chi connectivity index (χ2n) is 5.94. The molecule has 0 atom stereocenters. The van der Waals surface area contributed by atoms with Crippen molar-refractivity contribution in [3.05, 3.63) is 77.6 Å². The van der Waals surface area contributed by atoms with Crippen molar-refractivity contribution in [2.75, 3.05) is 0 Å². The molecule has 0 aliphatic rings. The molecule has 0 aliphatic heterocycles. The molecule has 0 saturated heterocycles. The van der Waals surface area contributed by atoms with Crippen molar-refractivity contribution in [2.45, 2.75) is 13.5 Å². The first kappa shape index (κ1) is 14.5. The van der Waals surface area contributed by atoms with Gasteiger partial charge in [0.25, 0.3) is 0 Å². The number of para-hydroxylation sites is 1. The lowest BCUT2D eigenvalue weighted by Gasteiger charge is -2.09. The minimum atomic E-state index is -0.402. The second-order valence-corrected chi connectivity index (χ2v) is 5.94. The number of primary amides is 1. The molecule has 2 aromatic heterocycles. The lowest BCUT2D eigenvalue weighted by atomic mass is 10.0. The molecular weight excluding hydrogens is 298 g/mol. The van der Waals surface area contributed by atoms with Gasteiger partial charge < -0.3 is 10.3 Å². The van der Waals surface area contributed by atoms with Crippen molar-refractivity contribution in [1.82, 2.24) is 9.55 Å². The van der Waals surface area contributed by atoms with E-state index < -0.39 is 5.91 Å². The number of fused-ring (bicyclic) bond motifs is 3. The first-order valence-corrected chi connectivity index (χ1v) is 7.87. The molecule has 2 aromatic carbocycles. The van der Waals surface area contributed by atoms with Crippen LogP contribution in [0.15, 0.2) is 60.8 Å². The average molecular weight is 315 g/mol. The summed E-state index contributed by atoms with van der Waals surface area (Å²) < 4.78 is 2.22. The lowest BCUT2D eigenvalue weighted by molar-refractivity contribution is 0.100. The fourth-order valence-corrected chi connectivity index (χ4v) is 3.38. The standard InChI is InChI=1S/C20H17N3O/c1-13-9-10-16(20(21)24)18-15-7-2-3-8-17(15)23(19(13)18)12-14-6-4-5-11-22-14/h2-11H,12H2,1H3,(H2,21,24). The summed E-state index contributed by atoms with van der Waals surface area (Å²) in [5.41, 5.74) is 10.4. The van der Waals surface area contributed by atoms with E-state index in [1.807, 2.05) is 48.5 Å². The molecule has 2 N–H and O–H groups in total. The minimum absolute atomic E-state index is 0.402. The molecule has 24 heavy (non-hydrogen) atoms. The zero-order valence-corrected chi connectivity index (χ0v) is 13.4. The maximum absolute atomic E-state index is 11.9. The number of aryl methyl sites for hydroxylation is 1. The van der Waals surface area contributed by atoms with Gasteiger partial charge in [-0.15, -0.1) is 0 Å². The Morgan fingerprint density at radius 1 is 1.08 bits per heavy atom. The van der Waals surface area contributed by atoms with Crippen molar-refractivity contribution in [2.24, 2.45) is 5.73 Å². The summed E-state index contributed by atoms with van der Waals surface area (Å²) in [7, 11) is 0. The highest BCUT2D eigenvalue weighted by molar-refractivity contribution is 6.18. The molecule has 2 heterocycles. The van der Waals surface area contributed by atoms with Gasteiger partial charge in [-0.25, -0.2) is 0 Å². The summed E-state index contributed by atoms with van der Waals surface area (Å²) in [5, 5.41) is 1.97.